The molecule has 3 aromatic rings. The number of nitrogens with zero attached hydrogens (tertiary/aromatic N) is 1. The van der Waals surface area contributed by atoms with Crippen LogP contribution >= 0.6 is 0 Å². The average molecular weight is 375 g/mol. The fraction of sp³-hybridized carbons (Fsp3) is 0.158. The molecule has 0 fully saturated rings. The molecule has 0 saturated carbocycles. The quantitative estimate of drug-likeness (QED) is 0.675. The van der Waals surface area contributed by atoms with Crippen LogP contribution in [-0.2, 0) is 0 Å². The molecule has 0 aliphatic rings. The first-order valence-electron chi connectivity index (χ1n) is 8.08. The van der Waals surface area contributed by atoms with Crippen molar-refractivity contribution in [1.29, 1.82) is 0 Å². The molecule has 0 aliphatic carbocycles. The largest absolute Gasteiger partial charge is 0.328 e. The minimum atomic E-state index is -1.60. The molecule has 1 heterocycles. The molecule has 0 spiro atoms. The SMILES string of the molecule is CC(c1c[nH]c(=O)c2ccccc12)N(C)C(=O)Nc1cc(F)c(F)c(F)c1. The number of halogens is 3. The molecular weight excluding hydrogens is 359 g/mol. The number of H-pyrrole nitrogens is 1. The predicted octanol–water partition coefficient (Wildman–Crippen LogP) is 4.17. The van der Waals surface area contributed by atoms with Crippen LogP contribution < -0.4 is 10.9 Å². The van der Waals surface area contributed by atoms with E-state index in [1.807, 2.05) is 0 Å². The maximum Gasteiger partial charge on any atom is 0.322 e. The molecule has 1 unspecified atom stereocenters. The fourth-order valence-electron chi connectivity index (χ4n) is 2.80. The molecule has 8 heteroatoms. The third kappa shape index (κ3) is 3.51. The van der Waals surface area contributed by atoms with Gasteiger partial charge in [-0.05, 0) is 23.9 Å². The van der Waals surface area contributed by atoms with Crippen LogP contribution in [0.1, 0.15) is 18.5 Å². The van der Waals surface area contributed by atoms with Crippen molar-refractivity contribution >= 4 is 22.5 Å². The summed E-state index contributed by atoms with van der Waals surface area (Å²) in [6, 6.07) is 7.24. The highest BCUT2D eigenvalue weighted by Gasteiger charge is 2.21. The summed E-state index contributed by atoms with van der Waals surface area (Å²) >= 11 is 0. The molecule has 27 heavy (non-hydrogen) atoms. The van der Waals surface area contributed by atoms with Crippen LogP contribution in [0.5, 0.6) is 0 Å². The number of amides is 2. The van der Waals surface area contributed by atoms with Gasteiger partial charge in [0.15, 0.2) is 17.5 Å². The molecule has 0 aliphatic heterocycles. The van der Waals surface area contributed by atoms with Crippen LogP contribution in [0.3, 0.4) is 0 Å². The van der Waals surface area contributed by atoms with Gasteiger partial charge in [0.2, 0.25) is 0 Å². The number of aromatic nitrogens is 1. The molecule has 0 radical (unpaired) electrons. The molecule has 2 amide bonds. The summed E-state index contributed by atoms with van der Waals surface area (Å²) in [4.78, 5) is 28.3. The maximum atomic E-state index is 13.3. The summed E-state index contributed by atoms with van der Waals surface area (Å²) < 4.78 is 39.7. The first kappa shape index (κ1) is 18.5. The molecule has 0 bridgehead atoms. The van der Waals surface area contributed by atoms with E-state index in [9.17, 15) is 22.8 Å². The van der Waals surface area contributed by atoms with E-state index in [4.69, 9.17) is 0 Å². The monoisotopic (exact) mass is 375 g/mol. The Labute approximate surface area is 152 Å². The number of rotatable bonds is 3. The van der Waals surface area contributed by atoms with E-state index in [-0.39, 0.29) is 11.2 Å². The van der Waals surface area contributed by atoms with Crippen LogP contribution in [0.25, 0.3) is 10.8 Å². The topological polar surface area (TPSA) is 65.2 Å². The second-order valence-electron chi connectivity index (χ2n) is 6.09. The zero-order chi connectivity index (χ0) is 19.7. The molecule has 5 nitrogen and oxygen atoms in total. The maximum absolute atomic E-state index is 13.3. The van der Waals surface area contributed by atoms with Crippen molar-refractivity contribution < 1.29 is 18.0 Å². The van der Waals surface area contributed by atoms with E-state index in [1.54, 1.807) is 31.2 Å². The number of carbonyl (C=O) groups excluding carboxylic acids is 1. The first-order valence-corrected chi connectivity index (χ1v) is 8.08. The van der Waals surface area contributed by atoms with Crippen molar-refractivity contribution in [1.82, 2.24) is 9.88 Å². The van der Waals surface area contributed by atoms with Crippen molar-refractivity contribution in [2.75, 3.05) is 12.4 Å². The van der Waals surface area contributed by atoms with Crippen molar-refractivity contribution in [3.63, 3.8) is 0 Å². The van der Waals surface area contributed by atoms with Crippen LogP contribution in [0, 0.1) is 17.5 Å². The molecule has 3 rings (SSSR count). The van der Waals surface area contributed by atoms with Gasteiger partial charge in [-0.15, -0.1) is 0 Å². The first-order chi connectivity index (χ1) is 12.8. The second kappa shape index (κ2) is 7.14. The number of fused-ring (bicyclic) bond motifs is 1. The van der Waals surface area contributed by atoms with E-state index in [0.29, 0.717) is 28.5 Å². The van der Waals surface area contributed by atoms with Crippen LogP contribution in [0.15, 0.2) is 47.4 Å². The number of urea groups is 1. The Balaban J connectivity index is 1.88. The standard InChI is InChI=1S/C19H16F3N3O2/c1-10(14-9-23-18(26)13-6-4-3-5-12(13)14)25(2)19(27)24-11-7-15(20)17(22)16(21)8-11/h3-10H,1-2H3,(H,23,26)(H,24,27). The number of pyridine rings is 1. The number of nitrogens with one attached hydrogen (secondary N) is 2. The highest BCUT2D eigenvalue weighted by molar-refractivity contribution is 5.90. The van der Waals surface area contributed by atoms with E-state index >= 15 is 0 Å². The Morgan fingerprint density at radius 3 is 2.33 bits per heavy atom. The number of carbonyl (C=O) groups is 1. The highest BCUT2D eigenvalue weighted by Crippen LogP contribution is 2.26. The van der Waals surface area contributed by atoms with Gasteiger partial charge in [-0.1, -0.05) is 18.2 Å². The molecular formula is C19H16F3N3O2. The zero-order valence-electron chi connectivity index (χ0n) is 14.5. The van der Waals surface area contributed by atoms with Crippen molar-refractivity contribution in [2.45, 2.75) is 13.0 Å². The zero-order valence-corrected chi connectivity index (χ0v) is 14.5. The van der Waals surface area contributed by atoms with Crippen LogP contribution in [-0.4, -0.2) is 23.0 Å². The molecule has 1 atom stereocenters. The summed E-state index contributed by atoms with van der Waals surface area (Å²) in [6.45, 7) is 1.74. The summed E-state index contributed by atoms with van der Waals surface area (Å²) in [7, 11) is 1.50. The van der Waals surface area contributed by atoms with Gasteiger partial charge in [0.05, 0.1) is 6.04 Å². The lowest BCUT2D eigenvalue weighted by Crippen LogP contribution is -2.34. The molecule has 2 N–H and O–H groups in total. The third-order valence-electron chi connectivity index (χ3n) is 4.43. The minimum Gasteiger partial charge on any atom is -0.328 e. The van der Waals surface area contributed by atoms with Gasteiger partial charge in [-0.2, -0.15) is 0 Å². The lowest BCUT2D eigenvalue weighted by atomic mass is 10.0. The van der Waals surface area contributed by atoms with E-state index in [0.717, 1.165) is 0 Å². The average Bonchev–Trinajstić information content (AvgIpc) is 2.65. The minimum absolute atomic E-state index is 0.207. The lowest BCUT2D eigenvalue weighted by molar-refractivity contribution is 0.208. The Bertz CT molecular complexity index is 1060. The van der Waals surface area contributed by atoms with Gasteiger partial charge in [0, 0.05) is 36.5 Å². The van der Waals surface area contributed by atoms with Gasteiger partial charge in [0.25, 0.3) is 5.56 Å². The number of hydrogen-bond donors (Lipinski definition) is 2. The summed E-state index contributed by atoms with van der Waals surface area (Å²) in [5, 5.41) is 3.50. The Hall–Kier alpha value is -3.29. The van der Waals surface area contributed by atoms with E-state index in [2.05, 4.69) is 10.3 Å². The normalized spacial score (nSPS) is 12.0. The lowest BCUT2D eigenvalue weighted by Gasteiger charge is -2.26. The smallest absolute Gasteiger partial charge is 0.322 e. The van der Waals surface area contributed by atoms with Crippen molar-refractivity contribution in [2.24, 2.45) is 0 Å². The number of aromatic amines is 1. The molecule has 2 aromatic carbocycles. The summed E-state index contributed by atoms with van der Waals surface area (Å²) in [5.74, 6) is -4.39. The Kier molecular flexibility index (Phi) is 4.89. The van der Waals surface area contributed by atoms with Gasteiger partial charge in [-0.3, -0.25) is 4.79 Å². The highest BCUT2D eigenvalue weighted by atomic mass is 19.2. The van der Waals surface area contributed by atoms with Gasteiger partial charge >= 0.3 is 6.03 Å². The van der Waals surface area contributed by atoms with E-state index in [1.165, 1.54) is 18.1 Å². The van der Waals surface area contributed by atoms with E-state index < -0.39 is 29.5 Å². The second-order valence-corrected chi connectivity index (χ2v) is 6.09. The van der Waals surface area contributed by atoms with Gasteiger partial charge in [-0.25, -0.2) is 18.0 Å². The number of anilines is 1. The van der Waals surface area contributed by atoms with Gasteiger partial charge < -0.3 is 15.2 Å². The predicted molar refractivity (Wildman–Crippen MR) is 96.1 cm³/mol. The molecule has 0 saturated heterocycles. The fourth-order valence-corrected chi connectivity index (χ4v) is 2.80. The van der Waals surface area contributed by atoms with Gasteiger partial charge in [0.1, 0.15) is 0 Å². The molecule has 1 aromatic heterocycles. The van der Waals surface area contributed by atoms with Crippen molar-refractivity contribution in [3.05, 3.63) is 76.0 Å². The third-order valence-corrected chi connectivity index (χ3v) is 4.43. The summed E-state index contributed by atoms with van der Waals surface area (Å²) in [5.41, 5.74) is 0.243. The van der Waals surface area contributed by atoms with Crippen LogP contribution in [0.4, 0.5) is 23.7 Å². The number of hydrogen-bond acceptors (Lipinski definition) is 2. The number of benzene rings is 2. The Morgan fingerprint density at radius 2 is 1.70 bits per heavy atom. The van der Waals surface area contributed by atoms with Crippen molar-refractivity contribution in [3.8, 4) is 0 Å². The summed E-state index contributed by atoms with van der Waals surface area (Å²) in [6.07, 6.45) is 1.52. The molecule has 140 valence electrons. The van der Waals surface area contributed by atoms with Crippen LogP contribution in [0.2, 0.25) is 0 Å². The Morgan fingerprint density at radius 1 is 1.11 bits per heavy atom.